The number of aliphatic hydroxyl groups excluding tert-OH is 1. The van der Waals surface area contributed by atoms with Crippen LogP contribution in [0.4, 0.5) is 0 Å². The fourth-order valence-corrected chi connectivity index (χ4v) is 1.94. The van der Waals surface area contributed by atoms with Crippen molar-refractivity contribution in [3.8, 4) is 0 Å². The average Bonchev–Trinajstić information content (AvgIpc) is 2.94. The van der Waals surface area contributed by atoms with Gasteiger partial charge in [0.15, 0.2) is 0 Å². The van der Waals surface area contributed by atoms with Crippen molar-refractivity contribution in [1.82, 2.24) is 4.90 Å². The molecule has 0 bridgehead atoms. The van der Waals surface area contributed by atoms with Crippen LogP contribution in [0.1, 0.15) is 39.5 Å². The number of nitrogens with two attached hydrogens (primary N) is 1. The Kier molecular flexibility index (Phi) is 4.85. The van der Waals surface area contributed by atoms with Crippen molar-refractivity contribution in [2.75, 3.05) is 13.2 Å². The van der Waals surface area contributed by atoms with Crippen LogP contribution in [-0.4, -0.2) is 41.3 Å². The minimum absolute atomic E-state index is 0.0671. The zero-order valence-electron chi connectivity index (χ0n) is 9.45. The zero-order chi connectivity index (χ0) is 10.6. The van der Waals surface area contributed by atoms with Crippen LogP contribution < -0.4 is 5.73 Å². The van der Waals surface area contributed by atoms with Gasteiger partial charge in [0, 0.05) is 18.1 Å². The molecule has 0 aliphatic heterocycles. The number of hydrogen-bond donors (Lipinski definition) is 2. The summed E-state index contributed by atoms with van der Waals surface area (Å²) in [5.41, 5.74) is 5.88. The molecular weight excluding hydrogens is 176 g/mol. The topological polar surface area (TPSA) is 49.5 Å². The fraction of sp³-hybridized carbons (Fsp3) is 1.00. The Morgan fingerprint density at radius 3 is 2.50 bits per heavy atom. The molecule has 0 spiro atoms. The van der Waals surface area contributed by atoms with Gasteiger partial charge in [-0.2, -0.15) is 0 Å². The highest BCUT2D eigenvalue weighted by Gasteiger charge is 2.34. The second-order valence-corrected chi connectivity index (χ2v) is 4.43. The highest BCUT2D eigenvalue weighted by Crippen LogP contribution is 2.29. The van der Waals surface area contributed by atoms with Gasteiger partial charge in [0.1, 0.15) is 0 Å². The first-order valence-corrected chi connectivity index (χ1v) is 5.82. The smallest absolute Gasteiger partial charge is 0.0601 e. The molecule has 1 rings (SSSR count). The van der Waals surface area contributed by atoms with E-state index in [1.165, 1.54) is 25.7 Å². The quantitative estimate of drug-likeness (QED) is 0.643. The molecule has 1 aliphatic carbocycles. The van der Waals surface area contributed by atoms with Gasteiger partial charge in [-0.25, -0.2) is 0 Å². The lowest BCUT2D eigenvalue weighted by atomic mass is 10.1. The molecule has 3 nitrogen and oxygen atoms in total. The number of hydrogen-bond acceptors (Lipinski definition) is 3. The largest absolute Gasteiger partial charge is 0.395 e. The predicted octanol–water partition coefficient (Wildman–Crippen LogP) is 0.959. The van der Waals surface area contributed by atoms with Crippen LogP contribution in [0.5, 0.6) is 0 Å². The molecule has 0 aromatic heterocycles. The van der Waals surface area contributed by atoms with Gasteiger partial charge in [0.25, 0.3) is 0 Å². The molecule has 2 unspecified atom stereocenters. The van der Waals surface area contributed by atoms with Crippen LogP contribution in [0.3, 0.4) is 0 Å². The Bertz CT molecular complexity index is 157. The summed E-state index contributed by atoms with van der Waals surface area (Å²) in [7, 11) is 0. The van der Waals surface area contributed by atoms with Gasteiger partial charge < -0.3 is 10.8 Å². The second kappa shape index (κ2) is 5.69. The Balaban J connectivity index is 2.45. The lowest BCUT2D eigenvalue weighted by molar-refractivity contribution is 0.0994. The van der Waals surface area contributed by atoms with Crippen molar-refractivity contribution < 1.29 is 5.11 Å². The van der Waals surface area contributed by atoms with E-state index in [0.29, 0.717) is 6.04 Å². The fourth-order valence-electron chi connectivity index (χ4n) is 1.94. The summed E-state index contributed by atoms with van der Waals surface area (Å²) in [6.45, 7) is 5.47. The van der Waals surface area contributed by atoms with E-state index in [1.54, 1.807) is 0 Å². The van der Waals surface area contributed by atoms with Gasteiger partial charge in [-0.3, -0.25) is 4.90 Å². The van der Waals surface area contributed by atoms with Crippen LogP contribution in [-0.2, 0) is 0 Å². The monoisotopic (exact) mass is 200 g/mol. The third-order valence-corrected chi connectivity index (χ3v) is 3.01. The van der Waals surface area contributed by atoms with Crippen LogP contribution in [0.25, 0.3) is 0 Å². The molecule has 0 aromatic rings. The van der Waals surface area contributed by atoms with Crippen molar-refractivity contribution >= 4 is 0 Å². The van der Waals surface area contributed by atoms with Gasteiger partial charge in [0.05, 0.1) is 6.61 Å². The molecule has 1 aliphatic rings. The Labute approximate surface area is 87.3 Å². The van der Waals surface area contributed by atoms with Crippen molar-refractivity contribution in [3.05, 3.63) is 0 Å². The van der Waals surface area contributed by atoms with Crippen LogP contribution >= 0.6 is 0 Å². The van der Waals surface area contributed by atoms with E-state index in [9.17, 15) is 5.11 Å². The first-order chi connectivity index (χ1) is 6.70. The summed E-state index contributed by atoms with van der Waals surface area (Å²) in [4.78, 5) is 2.41. The summed E-state index contributed by atoms with van der Waals surface area (Å²) in [6.07, 6.45) is 4.99. The summed E-state index contributed by atoms with van der Waals surface area (Å²) >= 11 is 0. The Morgan fingerprint density at radius 1 is 1.50 bits per heavy atom. The van der Waals surface area contributed by atoms with Crippen LogP contribution in [0.2, 0.25) is 0 Å². The van der Waals surface area contributed by atoms with Gasteiger partial charge in [0.2, 0.25) is 0 Å². The minimum Gasteiger partial charge on any atom is -0.395 e. The molecule has 0 amide bonds. The van der Waals surface area contributed by atoms with Gasteiger partial charge in [-0.05, 0) is 32.7 Å². The highest BCUT2D eigenvalue weighted by molar-refractivity contribution is 4.91. The molecule has 1 saturated carbocycles. The van der Waals surface area contributed by atoms with Crippen molar-refractivity contribution in [2.45, 2.75) is 57.7 Å². The second-order valence-electron chi connectivity index (χ2n) is 4.43. The standard InChI is InChI=1S/C11H24N2O/c1-3-4-7-13(10-5-6-10)11(8-14)9(2)12/h9-11,14H,3-8,12H2,1-2H3. The maximum atomic E-state index is 9.32. The van der Waals surface area contributed by atoms with Gasteiger partial charge in [-0.1, -0.05) is 13.3 Å². The van der Waals surface area contributed by atoms with E-state index < -0.39 is 0 Å². The maximum absolute atomic E-state index is 9.32. The highest BCUT2D eigenvalue weighted by atomic mass is 16.3. The molecule has 0 saturated heterocycles. The van der Waals surface area contributed by atoms with E-state index in [2.05, 4.69) is 11.8 Å². The Morgan fingerprint density at radius 2 is 2.14 bits per heavy atom. The number of unbranched alkanes of at least 4 members (excludes halogenated alkanes) is 1. The summed E-state index contributed by atoms with van der Waals surface area (Å²) in [5, 5.41) is 9.32. The van der Waals surface area contributed by atoms with Crippen molar-refractivity contribution in [3.63, 3.8) is 0 Å². The third kappa shape index (κ3) is 3.23. The van der Waals surface area contributed by atoms with E-state index >= 15 is 0 Å². The normalized spacial score (nSPS) is 21.2. The summed E-state index contributed by atoms with van der Waals surface area (Å²) in [6, 6.07) is 0.927. The van der Waals surface area contributed by atoms with Crippen LogP contribution in [0.15, 0.2) is 0 Å². The molecule has 1 fully saturated rings. The number of nitrogens with zero attached hydrogens (tertiary/aromatic N) is 1. The lowest BCUT2D eigenvalue weighted by Crippen LogP contribution is -2.50. The predicted molar refractivity (Wildman–Crippen MR) is 59.2 cm³/mol. The summed E-state index contributed by atoms with van der Waals surface area (Å²) in [5.74, 6) is 0. The van der Waals surface area contributed by atoms with Crippen LogP contribution in [0, 0.1) is 0 Å². The molecule has 3 heteroatoms. The first kappa shape index (κ1) is 12.0. The van der Waals surface area contributed by atoms with Crippen molar-refractivity contribution in [2.24, 2.45) is 5.73 Å². The van der Waals surface area contributed by atoms with E-state index in [-0.39, 0.29) is 18.7 Å². The Hall–Kier alpha value is -0.120. The molecule has 0 radical (unpaired) electrons. The van der Waals surface area contributed by atoms with Crippen molar-refractivity contribution in [1.29, 1.82) is 0 Å². The van der Waals surface area contributed by atoms with E-state index in [0.717, 1.165) is 6.54 Å². The molecule has 2 atom stereocenters. The molecule has 84 valence electrons. The van der Waals surface area contributed by atoms with Gasteiger partial charge in [-0.15, -0.1) is 0 Å². The number of rotatable bonds is 7. The molecular formula is C11H24N2O. The SMILES string of the molecule is CCCCN(C1CC1)C(CO)C(C)N. The minimum atomic E-state index is 0.0671. The third-order valence-electron chi connectivity index (χ3n) is 3.01. The van der Waals surface area contributed by atoms with Gasteiger partial charge >= 0.3 is 0 Å². The van der Waals surface area contributed by atoms with E-state index in [4.69, 9.17) is 5.73 Å². The molecule has 14 heavy (non-hydrogen) atoms. The molecule has 0 heterocycles. The molecule has 0 aromatic carbocycles. The first-order valence-electron chi connectivity index (χ1n) is 5.82. The lowest BCUT2D eigenvalue weighted by Gasteiger charge is -2.33. The number of aliphatic hydroxyl groups is 1. The average molecular weight is 200 g/mol. The maximum Gasteiger partial charge on any atom is 0.0601 e. The summed E-state index contributed by atoms with van der Waals surface area (Å²) < 4.78 is 0. The van der Waals surface area contributed by atoms with E-state index in [1.807, 2.05) is 6.92 Å². The zero-order valence-corrected chi connectivity index (χ0v) is 9.45. The molecule has 3 N–H and O–H groups in total.